The maximum absolute atomic E-state index is 3.92. The van der Waals surface area contributed by atoms with E-state index in [0.29, 0.717) is 0 Å². The van der Waals surface area contributed by atoms with E-state index in [4.69, 9.17) is 0 Å². The summed E-state index contributed by atoms with van der Waals surface area (Å²) in [4.78, 5) is 9.81. The molecule has 2 aromatic heterocycles. The average Bonchev–Trinajstić information content (AvgIpc) is 2.30. The Labute approximate surface area is 2090 Å². The molecule has 0 fully saturated rings. The SMILES string of the molecule is CN(c1[c-]cncc1)c1[c-]cncc1.[Y].[Y].[Y].[Y].[Y].[Y].[Y].[Y].[Y].[Y].[Y].[Y].[Y].[Y].[Y].[Y].[Y].[Y].[Y].[Y].[Y].[Y].[Y].[Y].[Y].[Y].[Y].[Y].[Y].[Y].[Y].[Y].[Y].[Y].[Y].[Y].[Y].[Y].[Y].[Y].[Y].[Y].[Y].[Y].[Y].[Y].[Y].[Y].[Y].[Y].[Y].[Y].[Y].[Y].[Y].[Y].[Y].[Y].[Y].[Y].[Y].[Y].[Y].[Y]. The minimum absolute atomic E-state index is 0. The summed E-state index contributed by atoms with van der Waals surface area (Å²) in [6, 6.07) is 9.88. The average molecular weight is 5870 g/mol. The van der Waals surface area contributed by atoms with Gasteiger partial charge in [0.05, 0.1) is 0 Å². The minimum atomic E-state index is 0. The van der Waals surface area contributed by atoms with Gasteiger partial charge in [0.1, 0.15) is 0 Å². The van der Waals surface area contributed by atoms with Crippen LogP contribution in [0.15, 0.2) is 36.9 Å². The van der Waals surface area contributed by atoms with Gasteiger partial charge in [-0.2, -0.15) is 12.1 Å². The van der Waals surface area contributed by atoms with E-state index in [-0.39, 0.29) is 2090 Å². The Hall–Kier alpha value is 68.7. The van der Waals surface area contributed by atoms with Crippen LogP contribution in [0.5, 0.6) is 0 Å². The summed E-state index contributed by atoms with van der Waals surface area (Å²) in [7, 11) is 1.96. The first kappa shape index (κ1) is 444. The van der Waals surface area contributed by atoms with Gasteiger partial charge in [-0.05, 0) is 0 Å². The largest absolute Gasteiger partial charge is 0.413 e. The zero-order valence-corrected chi connectivity index (χ0v) is 226. The van der Waals surface area contributed by atoms with Crippen LogP contribution >= 0.6 is 0 Å². The molecule has 64 radical (unpaired) electrons. The zero-order chi connectivity index (χ0) is 9.80. The van der Waals surface area contributed by atoms with E-state index >= 15 is 0 Å². The third-order valence-electron chi connectivity index (χ3n) is 1.93. The predicted octanol–water partition coefficient (Wildman–Crippen LogP) is 1.68. The first-order chi connectivity index (χ1) is 6.88. The van der Waals surface area contributed by atoms with Gasteiger partial charge in [-0.15, -0.1) is 11.4 Å². The topological polar surface area (TPSA) is 29.0 Å². The zero-order valence-electron chi connectivity index (χ0n) is 44.8. The number of nitrogens with zero attached hydrogens (tertiary/aromatic N) is 3. The summed E-state index contributed by atoms with van der Waals surface area (Å²) >= 11 is 0. The van der Waals surface area contributed by atoms with E-state index < -0.39 is 0 Å². The molecule has 2 heterocycles. The van der Waals surface area contributed by atoms with E-state index in [9.17, 15) is 0 Å². The van der Waals surface area contributed by atoms with E-state index in [1.54, 1.807) is 24.8 Å². The smallest absolute Gasteiger partial charge is 0.00506 e. The second-order valence-corrected chi connectivity index (χ2v) is 2.81. The molecule has 0 N–H and O–H groups in total. The van der Waals surface area contributed by atoms with E-state index in [1.165, 1.54) is 0 Å². The van der Waals surface area contributed by atoms with Crippen LogP contribution in [0.25, 0.3) is 0 Å². The molecular weight excluding hydrogens is 5860 g/mol. The second-order valence-electron chi connectivity index (χ2n) is 2.81. The second kappa shape index (κ2) is 397. The number of rotatable bonds is 2. The number of hydrogen-bond acceptors (Lipinski definition) is 3. The predicted molar refractivity (Wildman–Crippen MR) is 54.2 cm³/mol. The van der Waals surface area contributed by atoms with Gasteiger partial charge in [-0.25, -0.2) is 12.1 Å². The standard InChI is InChI=1S/C11H9N3.64Y/c1-14(10-2-6-12-7-3-10)11-4-8-13-9-5-11;;;;;;;;;;;;;;;;;;;;;;;;;;;;;;;;;;;;;;;;;;;;;;;;;;;;;;;;;;;;;;;;/h2,4,6-9H,1H3;;;;;;;;;;;;;;;;;;;;;;;;;;;;;;;;;;;;;;;;;;;;;;;;;;;;;;;;;;;;;;;;/q-2;;;;;;;;;;;;;;;;;;;;;;;;;;;;;;;;;;;;;;;;;;;;;;;;;;;;;;;;;;;;;;;;. The third-order valence-corrected chi connectivity index (χ3v) is 1.93. The number of anilines is 2. The van der Waals surface area contributed by atoms with Crippen LogP contribution in [0, 0.1) is 12.1 Å². The minimum Gasteiger partial charge on any atom is -0.413 e. The maximum Gasteiger partial charge on any atom is 0.00506 e. The van der Waals surface area contributed by atoms with Crippen molar-refractivity contribution >= 4 is 11.4 Å². The van der Waals surface area contributed by atoms with Crippen LogP contribution in [0.1, 0.15) is 0 Å². The van der Waals surface area contributed by atoms with Crippen molar-refractivity contribution in [3.05, 3.63) is 49.1 Å². The summed E-state index contributed by atoms with van der Waals surface area (Å²) in [5, 5.41) is 0. The van der Waals surface area contributed by atoms with Gasteiger partial charge in [0.2, 0.25) is 0 Å². The molecule has 262 valence electrons. The summed E-state index contributed by atoms with van der Waals surface area (Å²) in [6.45, 7) is 0. The Kier molecular flexibility index (Phi) is 2260. The normalized spacial score (nSPS) is 1.76. The van der Waals surface area contributed by atoms with Crippen LogP contribution in [0.3, 0.4) is 0 Å². The third kappa shape index (κ3) is 348. The van der Waals surface area contributed by atoms with Crippen molar-refractivity contribution in [3.8, 4) is 0 Å². The van der Waals surface area contributed by atoms with Gasteiger partial charge in [-0.1, -0.05) is 24.8 Å². The van der Waals surface area contributed by atoms with Gasteiger partial charge >= 0.3 is 0 Å². The molecule has 0 unspecified atom stereocenters. The maximum atomic E-state index is 3.92. The van der Waals surface area contributed by atoms with E-state index in [0.717, 1.165) is 11.4 Å². The van der Waals surface area contributed by atoms with Crippen LogP contribution < -0.4 is 4.90 Å². The van der Waals surface area contributed by atoms with E-state index in [2.05, 4.69) is 22.1 Å². The fraction of sp³-hybridized carbons (Fsp3) is 0.0909. The summed E-state index contributed by atoms with van der Waals surface area (Å²) in [5.74, 6) is 0. The first-order valence-corrected chi connectivity index (χ1v) is 4.25. The molecular formula is C11H9N3Y64-2. The molecule has 78 heavy (non-hydrogen) atoms. The van der Waals surface area contributed by atoms with Crippen LogP contribution in [0.2, 0.25) is 0 Å². The van der Waals surface area contributed by atoms with E-state index in [1.807, 2.05) is 24.1 Å². The Balaban J connectivity index is -0.000000000576. The molecule has 0 aliphatic heterocycles. The van der Waals surface area contributed by atoms with Crippen molar-refractivity contribution in [2.24, 2.45) is 0 Å². The molecule has 2 aromatic rings. The molecule has 0 saturated heterocycles. The van der Waals surface area contributed by atoms with Crippen LogP contribution in [0.4, 0.5) is 11.4 Å². The summed E-state index contributed by atoms with van der Waals surface area (Å²) in [6.07, 6.45) is 6.77. The van der Waals surface area contributed by atoms with Gasteiger partial charge in [0, 0.05) is 2100 Å². The molecule has 0 aliphatic rings. The van der Waals surface area contributed by atoms with Gasteiger partial charge < -0.3 is 14.9 Å². The molecule has 0 aromatic carbocycles. The van der Waals surface area contributed by atoms with Crippen molar-refractivity contribution in [2.75, 3.05) is 11.9 Å². The number of hydrogen-bond donors (Lipinski definition) is 0. The Morgan fingerprint density at radius 1 is 0.192 bits per heavy atom. The molecule has 0 atom stereocenters. The van der Waals surface area contributed by atoms with Crippen molar-refractivity contribution in [1.82, 2.24) is 9.97 Å². The van der Waals surface area contributed by atoms with Gasteiger partial charge in [0.15, 0.2) is 0 Å². The Bertz CT molecular complexity index is 399. The summed E-state index contributed by atoms with van der Waals surface area (Å²) < 4.78 is 0. The molecule has 0 spiro atoms. The van der Waals surface area contributed by atoms with Crippen molar-refractivity contribution in [3.63, 3.8) is 0 Å². The van der Waals surface area contributed by atoms with Crippen molar-refractivity contribution in [1.29, 1.82) is 0 Å². The number of pyridine rings is 2. The fourth-order valence-electron chi connectivity index (χ4n) is 1.16. The molecule has 2 rings (SSSR count). The summed E-state index contributed by atoms with van der Waals surface area (Å²) in [5.41, 5.74) is 1.92. The Morgan fingerprint density at radius 3 is 0.346 bits per heavy atom. The Morgan fingerprint density at radius 2 is 0.282 bits per heavy atom. The van der Waals surface area contributed by atoms with Gasteiger partial charge in [-0.3, -0.25) is 0 Å². The molecule has 67 heteroatoms. The molecule has 0 aliphatic carbocycles. The quantitative estimate of drug-likeness (QED) is 0.430. The van der Waals surface area contributed by atoms with Crippen molar-refractivity contribution in [2.45, 2.75) is 0 Å². The molecule has 0 amide bonds. The van der Waals surface area contributed by atoms with Crippen LogP contribution in [-0.4, -0.2) is 17.0 Å². The van der Waals surface area contributed by atoms with Gasteiger partial charge in [0.25, 0.3) is 0 Å². The number of aromatic nitrogens is 2. The first-order valence-electron chi connectivity index (χ1n) is 4.25. The molecule has 3 nitrogen and oxygen atoms in total. The van der Waals surface area contributed by atoms with Crippen LogP contribution in [-0.2, 0) is 2090 Å². The fourth-order valence-corrected chi connectivity index (χ4v) is 1.16. The van der Waals surface area contributed by atoms with Crippen molar-refractivity contribution < 1.29 is 2090 Å². The monoisotopic (exact) mass is 5870 g/mol. The molecule has 0 saturated carbocycles. The molecule has 0 bridgehead atoms.